The Hall–Kier alpha value is -0.270. The van der Waals surface area contributed by atoms with Crippen LogP contribution in [0.3, 0.4) is 0 Å². The van der Waals surface area contributed by atoms with Crippen molar-refractivity contribution in [3.63, 3.8) is 0 Å². The molecule has 1 unspecified atom stereocenters. The molecular weight excluding hydrogens is 255 g/mol. The van der Waals surface area contributed by atoms with Crippen molar-refractivity contribution in [2.45, 2.75) is 17.1 Å². The molecule has 14 heavy (non-hydrogen) atoms. The van der Waals surface area contributed by atoms with Crippen LogP contribution in [-0.4, -0.2) is 30.1 Å². The summed E-state index contributed by atoms with van der Waals surface area (Å²) >= 11 is 9.01. The first-order valence-electron chi connectivity index (χ1n) is 2.97. The van der Waals surface area contributed by atoms with Gasteiger partial charge in [-0.05, 0) is 23.2 Å². The van der Waals surface area contributed by atoms with Gasteiger partial charge in [0.05, 0.1) is 7.11 Å². The minimum atomic E-state index is -5.16. The summed E-state index contributed by atoms with van der Waals surface area (Å²) in [4.78, 5) is 10.5. The highest BCUT2D eigenvalue weighted by Gasteiger charge is 2.51. The van der Waals surface area contributed by atoms with Gasteiger partial charge in [0.15, 0.2) is 0 Å². The Morgan fingerprint density at radius 2 is 1.71 bits per heavy atom. The maximum absolute atomic E-state index is 12.3. The van der Waals surface area contributed by atoms with Crippen molar-refractivity contribution in [1.82, 2.24) is 0 Å². The van der Waals surface area contributed by atoms with Crippen molar-refractivity contribution in [2.24, 2.45) is 0 Å². The van der Waals surface area contributed by atoms with E-state index in [0.29, 0.717) is 7.11 Å². The molecule has 84 valence electrons. The second-order valence-electron chi connectivity index (χ2n) is 2.01. The van der Waals surface area contributed by atoms with Gasteiger partial charge in [-0.3, -0.25) is 4.74 Å². The van der Waals surface area contributed by atoms with Crippen molar-refractivity contribution in [1.29, 1.82) is 0 Å². The number of rotatable bonds is 3. The lowest BCUT2D eigenvalue weighted by atomic mass is 10.3. The third-order valence-electron chi connectivity index (χ3n) is 0.964. The number of halogens is 6. The van der Waals surface area contributed by atoms with Gasteiger partial charge >= 0.3 is 16.9 Å². The van der Waals surface area contributed by atoms with Gasteiger partial charge in [0.2, 0.25) is 0 Å². The zero-order chi connectivity index (χ0) is 11.6. The topological polar surface area (TPSA) is 35.5 Å². The number of hydrogen-bond donors (Lipinski definition) is 0. The first-order valence-corrected chi connectivity index (χ1v) is 3.72. The molecule has 0 aromatic rings. The molecule has 1 atom stereocenters. The molecule has 0 fully saturated rings. The Balaban J connectivity index is 4.67. The minimum Gasteiger partial charge on any atom is -0.467 e. The molecule has 0 saturated heterocycles. The van der Waals surface area contributed by atoms with Gasteiger partial charge in [0.25, 0.3) is 6.10 Å². The van der Waals surface area contributed by atoms with Crippen LogP contribution in [0, 0.1) is 0 Å². The van der Waals surface area contributed by atoms with Crippen LogP contribution in [0.15, 0.2) is 0 Å². The van der Waals surface area contributed by atoms with Gasteiger partial charge in [-0.15, -0.1) is 0 Å². The lowest BCUT2D eigenvalue weighted by Crippen LogP contribution is -2.42. The van der Waals surface area contributed by atoms with E-state index in [1.165, 1.54) is 0 Å². The Bertz CT molecular complexity index is 212. The number of methoxy groups -OCH3 is 1. The summed E-state index contributed by atoms with van der Waals surface area (Å²) in [6.45, 7) is 0. The maximum atomic E-state index is 12.3. The van der Waals surface area contributed by atoms with E-state index in [1.54, 1.807) is 0 Å². The molecule has 0 N–H and O–H groups in total. The first kappa shape index (κ1) is 13.7. The molecular formula is C5H4Cl2F4O3. The van der Waals surface area contributed by atoms with Crippen LogP contribution < -0.4 is 0 Å². The molecule has 0 aliphatic carbocycles. The molecule has 0 rings (SSSR count). The maximum Gasteiger partial charge on any atom is 0.425 e. The van der Waals surface area contributed by atoms with E-state index in [9.17, 15) is 22.4 Å². The highest BCUT2D eigenvalue weighted by atomic mass is 35.5. The second kappa shape index (κ2) is 4.50. The minimum absolute atomic E-state index is 0.673. The highest BCUT2D eigenvalue weighted by Crippen LogP contribution is 2.32. The van der Waals surface area contributed by atoms with Gasteiger partial charge in [-0.1, -0.05) is 0 Å². The molecule has 0 amide bonds. The number of hydrogen-bond acceptors (Lipinski definition) is 3. The monoisotopic (exact) mass is 258 g/mol. The normalized spacial score (nSPS) is 15.1. The summed E-state index contributed by atoms with van der Waals surface area (Å²) in [5.74, 6) is -1.85. The van der Waals surface area contributed by atoms with Gasteiger partial charge in [-0.25, -0.2) is 4.79 Å². The predicted molar refractivity (Wildman–Crippen MR) is 38.5 cm³/mol. The van der Waals surface area contributed by atoms with E-state index in [-0.39, 0.29) is 0 Å². The number of esters is 1. The second-order valence-corrected chi connectivity index (χ2v) is 3.17. The van der Waals surface area contributed by atoms with Crippen molar-refractivity contribution in [3.05, 3.63) is 0 Å². The molecule has 3 nitrogen and oxygen atoms in total. The third-order valence-corrected chi connectivity index (χ3v) is 1.14. The predicted octanol–water partition coefficient (Wildman–Crippen LogP) is 2.17. The number of carbonyl (C=O) groups excluding carboxylic acids is 1. The van der Waals surface area contributed by atoms with E-state index >= 15 is 0 Å². The van der Waals surface area contributed by atoms with Crippen molar-refractivity contribution in [3.8, 4) is 0 Å². The van der Waals surface area contributed by atoms with Gasteiger partial charge in [0, 0.05) is 0 Å². The Morgan fingerprint density at radius 3 is 1.93 bits per heavy atom. The summed E-state index contributed by atoms with van der Waals surface area (Å²) in [7, 11) is 0.673. The SMILES string of the molecule is COC(=O)C(OC(F)(Cl)Cl)C(F)(F)F. The van der Waals surface area contributed by atoms with Crippen LogP contribution in [0.1, 0.15) is 0 Å². The molecule has 0 bridgehead atoms. The molecule has 0 spiro atoms. The summed E-state index contributed by atoms with van der Waals surface area (Å²) in [6.07, 6.45) is -8.32. The number of ether oxygens (including phenoxy) is 2. The summed E-state index contributed by atoms with van der Waals surface area (Å²) in [5.41, 5.74) is 0. The fourth-order valence-corrected chi connectivity index (χ4v) is 0.667. The highest BCUT2D eigenvalue weighted by molar-refractivity contribution is 6.45. The van der Waals surface area contributed by atoms with Crippen molar-refractivity contribution >= 4 is 29.2 Å². The van der Waals surface area contributed by atoms with E-state index in [2.05, 4.69) is 32.7 Å². The lowest BCUT2D eigenvalue weighted by molar-refractivity contribution is -0.247. The Morgan fingerprint density at radius 1 is 1.29 bits per heavy atom. The smallest absolute Gasteiger partial charge is 0.425 e. The zero-order valence-corrected chi connectivity index (χ0v) is 8.08. The van der Waals surface area contributed by atoms with Gasteiger partial charge in [-0.2, -0.15) is 17.6 Å². The van der Waals surface area contributed by atoms with E-state index in [1.807, 2.05) is 0 Å². The fraction of sp³-hybridized carbons (Fsp3) is 0.800. The quantitative estimate of drug-likeness (QED) is 0.442. The molecule has 9 heteroatoms. The molecule has 0 aromatic carbocycles. The molecule has 0 aromatic heterocycles. The van der Waals surface area contributed by atoms with Gasteiger partial charge < -0.3 is 4.74 Å². The molecule has 0 aliphatic heterocycles. The largest absolute Gasteiger partial charge is 0.467 e. The van der Waals surface area contributed by atoms with Crippen LogP contribution in [-0.2, 0) is 14.3 Å². The molecule has 0 aliphatic rings. The fourth-order valence-electron chi connectivity index (χ4n) is 0.489. The number of alkyl halides is 6. The van der Waals surface area contributed by atoms with E-state index in [0.717, 1.165) is 0 Å². The van der Waals surface area contributed by atoms with Crippen LogP contribution in [0.4, 0.5) is 17.6 Å². The standard InChI is InChI=1S/C5H4Cl2F4O3/c1-13-3(12)2(4(8,9)10)14-5(6,7)11/h2H,1H3. The lowest BCUT2D eigenvalue weighted by Gasteiger charge is -2.21. The van der Waals surface area contributed by atoms with Crippen molar-refractivity contribution in [2.75, 3.05) is 7.11 Å². The molecule has 0 saturated carbocycles. The molecule has 0 radical (unpaired) electrons. The third kappa shape index (κ3) is 4.83. The average molecular weight is 259 g/mol. The average Bonchev–Trinajstić information content (AvgIpc) is 1.95. The van der Waals surface area contributed by atoms with Crippen LogP contribution in [0.2, 0.25) is 0 Å². The van der Waals surface area contributed by atoms with Crippen molar-refractivity contribution < 1.29 is 31.8 Å². The first-order chi connectivity index (χ1) is 6.08. The zero-order valence-electron chi connectivity index (χ0n) is 6.57. The molecule has 0 heterocycles. The summed E-state index contributed by atoms with van der Waals surface area (Å²) < 4.78 is 51.7. The van der Waals surface area contributed by atoms with Crippen LogP contribution in [0.5, 0.6) is 0 Å². The van der Waals surface area contributed by atoms with E-state index in [4.69, 9.17) is 0 Å². The Labute approximate surface area is 85.9 Å². The van der Waals surface area contributed by atoms with Crippen LogP contribution >= 0.6 is 23.2 Å². The summed E-state index contributed by atoms with van der Waals surface area (Å²) in [5, 5.41) is 0. The number of carbonyl (C=O) groups is 1. The Kier molecular flexibility index (Phi) is 4.41. The van der Waals surface area contributed by atoms with E-state index < -0.39 is 23.0 Å². The van der Waals surface area contributed by atoms with Crippen LogP contribution in [0.25, 0.3) is 0 Å². The summed E-state index contributed by atoms with van der Waals surface area (Å²) in [6, 6.07) is 0. The van der Waals surface area contributed by atoms with Gasteiger partial charge in [0.1, 0.15) is 0 Å².